The Morgan fingerprint density at radius 2 is 1.71 bits per heavy atom. The minimum atomic E-state index is -3.75. The standard InChI is InChI=1S/C16H15ClO3S/c1-11-6-8-13(9-7-11)16(18)12(2)21(19,20)15-5-3-4-14(17)10-15/h3-10,12H,1-2H3. The van der Waals surface area contributed by atoms with Crippen LogP contribution in [0.4, 0.5) is 0 Å². The summed E-state index contributed by atoms with van der Waals surface area (Å²) < 4.78 is 25.0. The molecule has 0 heterocycles. The Bertz CT molecular complexity index is 764. The zero-order valence-electron chi connectivity index (χ0n) is 11.7. The van der Waals surface area contributed by atoms with Gasteiger partial charge in [0.1, 0.15) is 5.25 Å². The highest BCUT2D eigenvalue weighted by atomic mass is 35.5. The highest BCUT2D eigenvalue weighted by Gasteiger charge is 2.30. The fourth-order valence-electron chi connectivity index (χ4n) is 1.94. The molecule has 2 rings (SSSR count). The van der Waals surface area contributed by atoms with Crippen LogP contribution in [0.3, 0.4) is 0 Å². The summed E-state index contributed by atoms with van der Waals surface area (Å²) in [6, 6.07) is 12.8. The van der Waals surface area contributed by atoms with Crippen molar-refractivity contribution in [3.8, 4) is 0 Å². The van der Waals surface area contributed by atoms with E-state index in [1.165, 1.54) is 19.1 Å². The van der Waals surface area contributed by atoms with Gasteiger partial charge in [-0.15, -0.1) is 0 Å². The van der Waals surface area contributed by atoms with Crippen LogP contribution in [0.15, 0.2) is 53.4 Å². The number of carbonyl (C=O) groups excluding carboxylic acids is 1. The summed E-state index contributed by atoms with van der Waals surface area (Å²) in [7, 11) is -3.75. The van der Waals surface area contributed by atoms with Gasteiger partial charge < -0.3 is 0 Å². The van der Waals surface area contributed by atoms with Gasteiger partial charge >= 0.3 is 0 Å². The van der Waals surface area contributed by atoms with Gasteiger partial charge in [-0.2, -0.15) is 0 Å². The van der Waals surface area contributed by atoms with E-state index < -0.39 is 20.9 Å². The Morgan fingerprint density at radius 3 is 2.29 bits per heavy atom. The summed E-state index contributed by atoms with van der Waals surface area (Å²) >= 11 is 5.82. The van der Waals surface area contributed by atoms with Gasteiger partial charge in [0.2, 0.25) is 0 Å². The van der Waals surface area contributed by atoms with Crippen molar-refractivity contribution in [2.75, 3.05) is 0 Å². The number of ketones is 1. The number of rotatable bonds is 4. The molecule has 0 amide bonds. The molecule has 3 nitrogen and oxygen atoms in total. The lowest BCUT2D eigenvalue weighted by atomic mass is 10.1. The minimum absolute atomic E-state index is 0.0583. The number of sulfone groups is 1. The predicted molar refractivity (Wildman–Crippen MR) is 83.6 cm³/mol. The lowest BCUT2D eigenvalue weighted by molar-refractivity contribution is 0.0991. The second-order valence-corrected chi connectivity index (χ2v) is 7.58. The predicted octanol–water partition coefficient (Wildman–Crippen LogP) is 3.69. The van der Waals surface area contributed by atoms with Crippen molar-refractivity contribution in [3.63, 3.8) is 0 Å². The zero-order chi connectivity index (χ0) is 15.6. The van der Waals surface area contributed by atoms with Crippen molar-refractivity contribution in [1.82, 2.24) is 0 Å². The number of halogens is 1. The summed E-state index contributed by atoms with van der Waals surface area (Å²) in [5.41, 5.74) is 1.40. The molecule has 0 fully saturated rings. The van der Waals surface area contributed by atoms with E-state index in [1.807, 2.05) is 6.92 Å². The lowest BCUT2D eigenvalue weighted by Gasteiger charge is -2.12. The molecule has 0 aliphatic heterocycles. The fourth-order valence-corrected chi connectivity index (χ4v) is 3.58. The molecular formula is C16H15ClO3S. The van der Waals surface area contributed by atoms with Gasteiger partial charge in [0.25, 0.3) is 0 Å². The van der Waals surface area contributed by atoms with E-state index in [-0.39, 0.29) is 4.90 Å². The van der Waals surface area contributed by atoms with Crippen LogP contribution in [0.5, 0.6) is 0 Å². The van der Waals surface area contributed by atoms with E-state index in [1.54, 1.807) is 36.4 Å². The first-order chi connectivity index (χ1) is 9.82. The molecule has 1 atom stereocenters. The maximum Gasteiger partial charge on any atom is 0.188 e. The van der Waals surface area contributed by atoms with Gasteiger partial charge in [0.15, 0.2) is 15.6 Å². The van der Waals surface area contributed by atoms with E-state index in [4.69, 9.17) is 11.6 Å². The summed E-state index contributed by atoms with van der Waals surface area (Å²) in [6.45, 7) is 3.30. The van der Waals surface area contributed by atoms with E-state index in [0.717, 1.165) is 5.56 Å². The van der Waals surface area contributed by atoms with Gasteiger partial charge in [-0.3, -0.25) is 4.79 Å². The van der Waals surface area contributed by atoms with E-state index in [0.29, 0.717) is 10.6 Å². The van der Waals surface area contributed by atoms with Gasteiger partial charge in [0.05, 0.1) is 4.90 Å². The number of benzene rings is 2. The molecule has 0 saturated heterocycles. The zero-order valence-corrected chi connectivity index (χ0v) is 13.3. The van der Waals surface area contributed by atoms with Crippen LogP contribution in [0.25, 0.3) is 0 Å². The van der Waals surface area contributed by atoms with Crippen molar-refractivity contribution in [2.45, 2.75) is 24.0 Å². The third kappa shape index (κ3) is 3.34. The van der Waals surface area contributed by atoms with E-state index >= 15 is 0 Å². The highest BCUT2D eigenvalue weighted by molar-refractivity contribution is 7.92. The highest BCUT2D eigenvalue weighted by Crippen LogP contribution is 2.22. The number of hydrogen-bond acceptors (Lipinski definition) is 3. The molecule has 110 valence electrons. The molecule has 0 bridgehead atoms. The third-order valence-electron chi connectivity index (χ3n) is 3.30. The summed E-state index contributed by atoms with van der Waals surface area (Å²) in [5, 5.41) is -0.829. The normalized spacial score (nSPS) is 12.9. The largest absolute Gasteiger partial charge is 0.293 e. The molecule has 1 unspecified atom stereocenters. The topological polar surface area (TPSA) is 51.2 Å². The average Bonchev–Trinajstić information content (AvgIpc) is 2.46. The molecule has 2 aromatic carbocycles. The first-order valence-corrected chi connectivity index (χ1v) is 8.35. The Kier molecular flexibility index (Phi) is 4.49. The number of aryl methyl sites for hydroxylation is 1. The Hall–Kier alpha value is -1.65. The second-order valence-electron chi connectivity index (χ2n) is 4.87. The van der Waals surface area contributed by atoms with Crippen LogP contribution in [-0.2, 0) is 9.84 Å². The summed E-state index contributed by atoms with van der Waals surface area (Å²) in [6.07, 6.45) is 0. The van der Waals surface area contributed by atoms with Crippen molar-refractivity contribution in [1.29, 1.82) is 0 Å². The first-order valence-electron chi connectivity index (χ1n) is 6.43. The second kappa shape index (κ2) is 6.00. The monoisotopic (exact) mass is 322 g/mol. The Morgan fingerprint density at radius 1 is 1.10 bits per heavy atom. The van der Waals surface area contributed by atoms with Gasteiger partial charge in [0, 0.05) is 10.6 Å². The summed E-state index contributed by atoms with van der Waals surface area (Å²) in [4.78, 5) is 12.4. The van der Waals surface area contributed by atoms with Gasteiger partial charge in [-0.25, -0.2) is 8.42 Å². The molecule has 0 aromatic heterocycles. The lowest BCUT2D eigenvalue weighted by Crippen LogP contribution is -2.27. The number of hydrogen-bond donors (Lipinski definition) is 0. The number of Topliss-reactive ketones (excluding diaryl/α,β-unsaturated/α-hetero) is 1. The van der Waals surface area contributed by atoms with Crippen LogP contribution in [0, 0.1) is 6.92 Å². The maximum atomic E-state index is 12.5. The molecule has 0 aliphatic carbocycles. The summed E-state index contributed by atoms with van der Waals surface area (Å²) in [5.74, 6) is -0.421. The molecule has 21 heavy (non-hydrogen) atoms. The molecule has 0 saturated carbocycles. The van der Waals surface area contributed by atoms with E-state index in [9.17, 15) is 13.2 Å². The molecule has 5 heteroatoms. The first kappa shape index (κ1) is 15.7. The van der Waals surface area contributed by atoms with Crippen LogP contribution in [0.2, 0.25) is 5.02 Å². The van der Waals surface area contributed by atoms with Crippen molar-refractivity contribution in [2.24, 2.45) is 0 Å². The third-order valence-corrected chi connectivity index (χ3v) is 5.59. The van der Waals surface area contributed by atoms with Crippen LogP contribution < -0.4 is 0 Å². The molecular weight excluding hydrogens is 308 g/mol. The Labute approximate surface area is 129 Å². The van der Waals surface area contributed by atoms with Gasteiger partial charge in [-0.05, 0) is 32.0 Å². The van der Waals surface area contributed by atoms with Gasteiger partial charge in [-0.1, -0.05) is 47.5 Å². The van der Waals surface area contributed by atoms with E-state index in [2.05, 4.69) is 0 Å². The van der Waals surface area contributed by atoms with Crippen LogP contribution in [-0.4, -0.2) is 19.5 Å². The Balaban J connectivity index is 2.36. The SMILES string of the molecule is Cc1ccc(C(=O)C(C)S(=O)(=O)c2cccc(Cl)c2)cc1. The molecule has 0 N–H and O–H groups in total. The van der Waals surface area contributed by atoms with Crippen LogP contribution >= 0.6 is 11.6 Å². The van der Waals surface area contributed by atoms with Crippen molar-refractivity contribution < 1.29 is 13.2 Å². The molecule has 2 aromatic rings. The van der Waals surface area contributed by atoms with Crippen molar-refractivity contribution in [3.05, 3.63) is 64.7 Å². The minimum Gasteiger partial charge on any atom is -0.293 e. The molecule has 0 radical (unpaired) electrons. The number of carbonyl (C=O) groups is 1. The molecule has 0 spiro atoms. The smallest absolute Gasteiger partial charge is 0.188 e. The average molecular weight is 323 g/mol. The quantitative estimate of drug-likeness (QED) is 0.807. The van der Waals surface area contributed by atoms with Crippen LogP contribution in [0.1, 0.15) is 22.8 Å². The fraction of sp³-hybridized carbons (Fsp3) is 0.188. The van der Waals surface area contributed by atoms with Crippen molar-refractivity contribution >= 4 is 27.2 Å². The maximum absolute atomic E-state index is 12.5. The molecule has 0 aliphatic rings.